The highest BCUT2D eigenvalue weighted by molar-refractivity contribution is 6.01. The Labute approximate surface area is 228 Å². The molecule has 9 nitrogen and oxygen atoms in total. The zero-order chi connectivity index (χ0) is 28.1. The average Bonchev–Trinajstić information content (AvgIpc) is 3.35. The summed E-state index contributed by atoms with van der Waals surface area (Å²) in [5.41, 5.74) is 1.72. The molecule has 2 aromatic carbocycles. The molecule has 1 unspecified atom stereocenters. The molecule has 1 aromatic heterocycles. The zero-order valence-electron chi connectivity index (χ0n) is 21.7. The van der Waals surface area contributed by atoms with Crippen molar-refractivity contribution in [3.8, 4) is 5.75 Å². The van der Waals surface area contributed by atoms with Crippen molar-refractivity contribution in [3.63, 3.8) is 0 Å². The maximum atomic E-state index is 12.9. The molecule has 1 atom stereocenters. The van der Waals surface area contributed by atoms with Gasteiger partial charge in [0.15, 0.2) is 5.82 Å². The first-order valence-corrected chi connectivity index (χ1v) is 13.0. The minimum atomic E-state index is -4.36. The van der Waals surface area contributed by atoms with Crippen molar-refractivity contribution >= 4 is 22.6 Å². The fraction of sp³-hybridized carbons (Fsp3) is 0.357. The van der Waals surface area contributed by atoms with Gasteiger partial charge in [-0.1, -0.05) is 24.3 Å². The number of aromatic nitrogens is 2. The molecule has 12 heteroatoms. The SMILES string of the molecule is O=C(Nc1n[nH]c2cc(OCCOCc3ccc(C(F)(F)F)cc3)ccc12)C1C=CC(N2CCN(O)CC2)=CC1. The lowest BCUT2D eigenvalue weighted by Crippen LogP contribution is -2.44. The second kappa shape index (κ2) is 12.1. The average molecular weight is 558 g/mol. The third kappa shape index (κ3) is 6.82. The summed E-state index contributed by atoms with van der Waals surface area (Å²) in [4.78, 5) is 15.1. The lowest BCUT2D eigenvalue weighted by Gasteiger charge is -2.34. The van der Waals surface area contributed by atoms with Crippen molar-refractivity contribution < 1.29 is 32.6 Å². The number of hydrogen-bond acceptors (Lipinski definition) is 7. The molecule has 1 saturated heterocycles. The van der Waals surface area contributed by atoms with Crippen LogP contribution in [0.2, 0.25) is 0 Å². The molecule has 0 radical (unpaired) electrons. The highest BCUT2D eigenvalue weighted by Crippen LogP contribution is 2.29. The second-order valence-electron chi connectivity index (χ2n) is 9.64. The molecule has 1 aliphatic carbocycles. The van der Waals surface area contributed by atoms with Gasteiger partial charge in [0.2, 0.25) is 5.91 Å². The van der Waals surface area contributed by atoms with E-state index in [1.165, 1.54) is 17.2 Å². The van der Waals surface area contributed by atoms with Crippen LogP contribution in [0.3, 0.4) is 0 Å². The largest absolute Gasteiger partial charge is 0.491 e. The van der Waals surface area contributed by atoms with Crippen molar-refractivity contribution in [2.24, 2.45) is 5.92 Å². The summed E-state index contributed by atoms with van der Waals surface area (Å²) in [7, 11) is 0. The molecule has 0 saturated carbocycles. The molecule has 1 aliphatic heterocycles. The molecule has 1 fully saturated rings. The molecule has 0 bridgehead atoms. The first-order valence-electron chi connectivity index (χ1n) is 13.0. The number of alkyl halides is 3. The van der Waals surface area contributed by atoms with Crippen LogP contribution in [0.1, 0.15) is 17.5 Å². The van der Waals surface area contributed by atoms with Crippen LogP contribution in [0.25, 0.3) is 10.9 Å². The Balaban J connectivity index is 1.07. The highest BCUT2D eigenvalue weighted by atomic mass is 19.4. The van der Waals surface area contributed by atoms with E-state index in [1.54, 1.807) is 12.1 Å². The van der Waals surface area contributed by atoms with Crippen molar-refractivity contribution in [1.29, 1.82) is 0 Å². The molecule has 0 spiro atoms. The fourth-order valence-electron chi connectivity index (χ4n) is 4.58. The van der Waals surface area contributed by atoms with E-state index < -0.39 is 11.7 Å². The Morgan fingerprint density at radius 2 is 1.88 bits per heavy atom. The van der Waals surface area contributed by atoms with Gasteiger partial charge in [0.25, 0.3) is 0 Å². The van der Waals surface area contributed by atoms with E-state index >= 15 is 0 Å². The summed E-state index contributed by atoms with van der Waals surface area (Å²) in [6.07, 6.45) is 2.13. The van der Waals surface area contributed by atoms with Gasteiger partial charge in [-0.3, -0.25) is 9.89 Å². The Hall–Kier alpha value is -3.87. The van der Waals surface area contributed by atoms with Crippen molar-refractivity contribution in [2.75, 3.05) is 44.7 Å². The van der Waals surface area contributed by atoms with Crippen LogP contribution < -0.4 is 10.1 Å². The summed E-state index contributed by atoms with van der Waals surface area (Å²) in [5, 5.41) is 21.7. The number of benzene rings is 2. The summed E-state index contributed by atoms with van der Waals surface area (Å²) < 4.78 is 49.2. The van der Waals surface area contributed by atoms with Gasteiger partial charge < -0.3 is 24.9 Å². The monoisotopic (exact) mass is 557 g/mol. The molecule has 2 heterocycles. The van der Waals surface area contributed by atoms with Crippen molar-refractivity contribution in [3.05, 3.63) is 77.5 Å². The number of allylic oxidation sites excluding steroid dienone is 2. The maximum Gasteiger partial charge on any atom is 0.416 e. The van der Waals surface area contributed by atoms with Crippen LogP contribution in [0.15, 0.2) is 66.4 Å². The Bertz CT molecular complexity index is 1380. The van der Waals surface area contributed by atoms with Crippen LogP contribution in [0.5, 0.6) is 5.75 Å². The number of aromatic amines is 1. The summed E-state index contributed by atoms with van der Waals surface area (Å²) in [6, 6.07) is 10.2. The van der Waals surface area contributed by atoms with E-state index in [9.17, 15) is 23.2 Å². The number of nitrogens with one attached hydrogen (secondary N) is 2. The van der Waals surface area contributed by atoms with Crippen LogP contribution in [0, 0.1) is 5.92 Å². The van der Waals surface area contributed by atoms with Crippen LogP contribution >= 0.6 is 0 Å². The van der Waals surface area contributed by atoms with Gasteiger partial charge in [-0.25, -0.2) is 0 Å². The lowest BCUT2D eigenvalue weighted by atomic mass is 9.97. The summed E-state index contributed by atoms with van der Waals surface area (Å²) in [5.74, 6) is 0.571. The third-order valence-electron chi connectivity index (χ3n) is 6.86. The highest BCUT2D eigenvalue weighted by Gasteiger charge is 2.30. The fourth-order valence-corrected chi connectivity index (χ4v) is 4.58. The Morgan fingerprint density at radius 1 is 1.10 bits per heavy atom. The topological polar surface area (TPSA) is 103 Å². The van der Waals surface area contributed by atoms with E-state index in [4.69, 9.17) is 9.47 Å². The number of ether oxygens (including phenoxy) is 2. The minimum Gasteiger partial charge on any atom is -0.491 e. The number of fused-ring (bicyclic) bond motifs is 1. The van der Waals surface area contributed by atoms with Gasteiger partial charge in [-0.15, -0.1) is 0 Å². The first-order chi connectivity index (χ1) is 19.3. The van der Waals surface area contributed by atoms with E-state index in [0.29, 0.717) is 42.2 Å². The van der Waals surface area contributed by atoms with Crippen LogP contribution in [-0.2, 0) is 22.3 Å². The molecule has 212 valence electrons. The number of anilines is 1. The van der Waals surface area contributed by atoms with E-state index in [1.807, 2.05) is 18.2 Å². The van der Waals surface area contributed by atoms with Gasteiger partial charge in [-0.05, 0) is 42.3 Å². The molecule has 1 amide bonds. The van der Waals surface area contributed by atoms with Gasteiger partial charge in [0, 0.05) is 43.3 Å². The van der Waals surface area contributed by atoms with Crippen molar-refractivity contribution in [2.45, 2.75) is 19.2 Å². The Morgan fingerprint density at radius 3 is 2.58 bits per heavy atom. The number of halogens is 3. The zero-order valence-corrected chi connectivity index (χ0v) is 21.7. The Kier molecular flexibility index (Phi) is 8.38. The predicted octanol–water partition coefficient (Wildman–Crippen LogP) is 4.58. The molecule has 5 rings (SSSR count). The van der Waals surface area contributed by atoms with Gasteiger partial charge >= 0.3 is 6.18 Å². The number of carbonyl (C=O) groups excluding carboxylic acids is 1. The number of amides is 1. The number of rotatable bonds is 9. The number of piperazine rings is 1. The third-order valence-corrected chi connectivity index (χ3v) is 6.86. The molecule has 3 aromatic rings. The molecular weight excluding hydrogens is 527 g/mol. The lowest BCUT2D eigenvalue weighted by molar-refractivity contribution is -0.137. The van der Waals surface area contributed by atoms with Crippen LogP contribution in [-0.4, -0.2) is 70.7 Å². The van der Waals surface area contributed by atoms with E-state index in [2.05, 4.69) is 26.5 Å². The number of hydrogen-bond donors (Lipinski definition) is 3. The number of H-pyrrole nitrogens is 1. The standard InChI is InChI=1S/C28H30F3N5O4/c29-28(30,31)21-5-1-19(2-6-21)18-39-15-16-40-23-9-10-24-25(17-23)33-34-26(24)32-27(37)20-3-7-22(8-4-20)35-11-13-36(38)14-12-35/h1-3,5-10,17,20,38H,4,11-16,18H2,(H2,32,33,34,37). The number of hydroxylamine groups is 2. The van der Waals surface area contributed by atoms with E-state index in [0.717, 1.165) is 36.3 Å². The predicted molar refractivity (Wildman–Crippen MR) is 142 cm³/mol. The second-order valence-corrected chi connectivity index (χ2v) is 9.64. The van der Waals surface area contributed by atoms with Crippen LogP contribution in [0.4, 0.5) is 19.0 Å². The first kappa shape index (κ1) is 27.7. The molecule has 2 aliphatic rings. The smallest absolute Gasteiger partial charge is 0.416 e. The summed E-state index contributed by atoms with van der Waals surface area (Å²) >= 11 is 0. The summed E-state index contributed by atoms with van der Waals surface area (Å²) in [6.45, 7) is 3.35. The quantitative estimate of drug-likeness (QED) is 0.331. The van der Waals surface area contributed by atoms with Gasteiger partial charge in [-0.2, -0.15) is 23.3 Å². The molecule has 3 N–H and O–H groups in total. The molecular formula is C28H30F3N5O4. The van der Waals surface area contributed by atoms with Gasteiger partial charge in [0.05, 0.1) is 30.2 Å². The van der Waals surface area contributed by atoms with E-state index in [-0.39, 0.29) is 31.6 Å². The molecule has 40 heavy (non-hydrogen) atoms. The normalized spacial score (nSPS) is 18.1. The number of carbonyl (C=O) groups is 1. The number of nitrogens with zero attached hydrogens (tertiary/aromatic N) is 3. The van der Waals surface area contributed by atoms with Crippen molar-refractivity contribution in [1.82, 2.24) is 20.2 Å². The maximum absolute atomic E-state index is 12.9. The van der Waals surface area contributed by atoms with Gasteiger partial charge in [0.1, 0.15) is 12.4 Å². The minimum absolute atomic E-state index is 0.148.